The SMILES string of the molecule is COc1cccc(C=O)c1OC=O. The Morgan fingerprint density at radius 1 is 1.31 bits per heavy atom. The minimum atomic E-state index is 0.148. The molecule has 0 aliphatic heterocycles. The summed E-state index contributed by atoms with van der Waals surface area (Å²) < 4.78 is 9.51. The second-order valence-electron chi connectivity index (χ2n) is 2.21. The zero-order chi connectivity index (χ0) is 9.68. The van der Waals surface area contributed by atoms with Crippen LogP contribution in [-0.4, -0.2) is 19.9 Å². The predicted octanol–water partition coefficient (Wildman–Crippen LogP) is 1.04. The van der Waals surface area contributed by atoms with E-state index in [1.807, 2.05) is 0 Å². The Morgan fingerprint density at radius 3 is 2.62 bits per heavy atom. The summed E-state index contributed by atoms with van der Waals surface area (Å²) in [4.78, 5) is 20.6. The molecule has 1 aromatic carbocycles. The molecule has 0 aromatic heterocycles. The lowest BCUT2D eigenvalue weighted by Gasteiger charge is -2.06. The summed E-state index contributed by atoms with van der Waals surface area (Å²) in [5, 5.41) is 0. The Hall–Kier alpha value is -1.84. The minimum absolute atomic E-state index is 0.148. The van der Waals surface area contributed by atoms with Crippen molar-refractivity contribution >= 4 is 12.8 Å². The first kappa shape index (κ1) is 9.25. The van der Waals surface area contributed by atoms with Crippen LogP contribution in [0.4, 0.5) is 0 Å². The van der Waals surface area contributed by atoms with Gasteiger partial charge in [-0.25, -0.2) is 0 Å². The van der Waals surface area contributed by atoms with Crippen LogP contribution in [-0.2, 0) is 4.79 Å². The number of ether oxygens (including phenoxy) is 2. The Bertz CT molecular complexity index is 319. The van der Waals surface area contributed by atoms with Crippen LogP contribution in [0.15, 0.2) is 18.2 Å². The average Bonchev–Trinajstić information content (AvgIpc) is 2.18. The molecule has 0 saturated carbocycles. The fraction of sp³-hybridized carbons (Fsp3) is 0.111. The van der Waals surface area contributed by atoms with Gasteiger partial charge in [0.25, 0.3) is 6.47 Å². The van der Waals surface area contributed by atoms with Crippen molar-refractivity contribution in [2.75, 3.05) is 7.11 Å². The molecule has 0 aliphatic rings. The fourth-order valence-corrected chi connectivity index (χ4v) is 0.961. The standard InChI is InChI=1S/C9H8O4/c1-12-8-4-2-3-7(5-10)9(8)13-6-11/h2-6H,1H3. The van der Waals surface area contributed by atoms with Crippen LogP contribution in [0.1, 0.15) is 10.4 Å². The van der Waals surface area contributed by atoms with E-state index < -0.39 is 0 Å². The second-order valence-corrected chi connectivity index (χ2v) is 2.21. The van der Waals surface area contributed by atoms with Crippen LogP contribution in [0.2, 0.25) is 0 Å². The van der Waals surface area contributed by atoms with Gasteiger partial charge in [-0.3, -0.25) is 9.59 Å². The zero-order valence-corrected chi connectivity index (χ0v) is 7.02. The lowest BCUT2D eigenvalue weighted by molar-refractivity contribution is -0.120. The number of rotatable bonds is 4. The molecule has 0 fully saturated rings. The van der Waals surface area contributed by atoms with Crippen LogP contribution < -0.4 is 9.47 Å². The van der Waals surface area contributed by atoms with E-state index in [9.17, 15) is 9.59 Å². The first-order valence-electron chi connectivity index (χ1n) is 3.56. The summed E-state index contributed by atoms with van der Waals surface area (Å²) in [6.07, 6.45) is 0.599. The van der Waals surface area contributed by atoms with E-state index in [0.29, 0.717) is 12.0 Å². The van der Waals surface area contributed by atoms with Crippen molar-refractivity contribution < 1.29 is 19.1 Å². The van der Waals surface area contributed by atoms with E-state index in [4.69, 9.17) is 4.74 Å². The average molecular weight is 180 g/mol. The van der Waals surface area contributed by atoms with Gasteiger partial charge in [0.15, 0.2) is 17.8 Å². The lowest BCUT2D eigenvalue weighted by atomic mass is 10.2. The van der Waals surface area contributed by atoms with Crippen LogP contribution in [0, 0.1) is 0 Å². The van der Waals surface area contributed by atoms with Crippen LogP contribution in [0.25, 0.3) is 0 Å². The van der Waals surface area contributed by atoms with E-state index in [0.717, 1.165) is 0 Å². The number of aldehydes is 1. The molecule has 0 bridgehead atoms. The third kappa shape index (κ3) is 1.84. The minimum Gasteiger partial charge on any atom is -0.493 e. The van der Waals surface area contributed by atoms with E-state index >= 15 is 0 Å². The van der Waals surface area contributed by atoms with Crippen molar-refractivity contribution in [3.63, 3.8) is 0 Å². The predicted molar refractivity (Wildman–Crippen MR) is 45.1 cm³/mol. The Kier molecular flexibility index (Phi) is 3.03. The van der Waals surface area contributed by atoms with E-state index in [-0.39, 0.29) is 17.8 Å². The quantitative estimate of drug-likeness (QED) is 0.649. The number of benzene rings is 1. The second kappa shape index (κ2) is 4.25. The van der Waals surface area contributed by atoms with Crippen molar-refractivity contribution in [2.24, 2.45) is 0 Å². The van der Waals surface area contributed by atoms with Gasteiger partial charge >= 0.3 is 0 Å². The highest BCUT2D eigenvalue weighted by Gasteiger charge is 2.08. The summed E-state index contributed by atoms with van der Waals surface area (Å²) in [5.41, 5.74) is 0.284. The molecule has 0 aliphatic carbocycles. The maximum absolute atomic E-state index is 10.5. The maximum atomic E-state index is 10.5. The molecule has 1 rings (SSSR count). The molecule has 68 valence electrons. The van der Waals surface area contributed by atoms with Crippen LogP contribution in [0.3, 0.4) is 0 Å². The molecular formula is C9H8O4. The number of carbonyl (C=O) groups is 2. The van der Waals surface area contributed by atoms with Gasteiger partial charge in [-0.15, -0.1) is 0 Å². The van der Waals surface area contributed by atoms with Gasteiger partial charge < -0.3 is 9.47 Å². The number of methoxy groups -OCH3 is 1. The van der Waals surface area contributed by atoms with Gasteiger partial charge in [-0.05, 0) is 12.1 Å². The molecule has 0 amide bonds. The van der Waals surface area contributed by atoms with Crippen LogP contribution >= 0.6 is 0 Å². The Balaban J connectivity index is 3.20. The van der Waals surface area contributed by atoms with Gasteiger partial charge in [0.2, 0.25) is 0 Å². The van der Waals surface area contributed by atoms with Gasteiger partial charge in [0, 0.05) is 0 Å². The highest BCUT2D eigenvalue weighted by atomic mass is 16.5. The van der Waals surface area contributed by atoms with Gasteiger partial charge in [0.1, 0.15) is 0 Å². The Labute approximate surface area is 75.1 Å². The van der Waals surface area contributed by atoms with Gasteiger partial charge in [-0.1, -0.05) is 6.07 Å². The molecule has 0 heterocycles. The number of para-hydroxylation sites is 1. The molecule has 0 saturated heterocycles. The number of carbonyl (C=O) groups excluding carboxylic acids is 2. The third-order valence-corrected chi connectivity index (χ3v) is 1.52. The van der Waals surface area contributed by atoms with Gasteiger partial charge in [-0.2, -0.15) is 0 Å². The largest absolute Gasteiger partial charge is 0.493 e. The lowest BCUT2D eigenvalue weighted by Crippen LogP contribution is -1.97. The first-order valence-corrected chi connectivity index (χ1v) is 3.56. The maximum Gasteiger partial charge on any atom is 0.298 e. The monoisotopic (exact) mass is 180 g/mol. The van der Waals surface area contributed by atoms with Crippen molar-refractivity contribution in [3.05, 3.63) is 23.8 Å². The van der Waals surface area contributed by atoms with Crippen LogP contribution in [0.5, 0.6) is 11.5 Å². The molecule has 0 radical (unpaired) electrons. The summed E-state index contributed by atoms with van der Waals surface area (Å²) in [6, 6.07) is 4.78. The highest BCUT2D eigenvalue weighted by Crippen LogP contribution is 2.29. The normalized spacial score (nSPS) is 9.00. The van der Waals surface area contributed by atoms with E-state index in [2.05, 4.69) is 4.74 Å². The Morgan fingerprint density at radius 2 is 2.08 bits per heavy atom. The topological polar surface area (TPSA) is 52.6 Å². The summed E-state index contributed by atoms with van der Waals surface area (Å²) >= 11 is 0. The van der Waals surface area contributed by atoms with Crippen molar-refractivity contribution in [2.45, 2.75) is 0 Å². The fourth-order valence-electron chi connectivity index (χ4n) is 0.961. The molecular weight excluding hydrogens is 172 g/mol. The van der Waals surface area contributed by atoms with E-state index in [1.165, 1.54) is 13.2 Å². The third-order valence-electron chi connectivity index (χ3n) is 1.52. The molecule has 0 atom stereocenters. The molecule has 4 nitrogen and oxygen atoms in total. The molecule has 13 heavy (non-hydrogen) atoms. The van der Waals surface area contributed by atoms with Gasteiger partial charge in [0.05, 0.1) is 12.7 Å². The van der Waals surface area contributed by atoms with Crippen molar-refractivity contribution in [3.8, 4) is 11.5 Å². The summed E-state index contributed by atoms with van der Waals surface area (Å²) in [5.74, 6) is 0.506. The van der Waals surface area contributed by atoms with Crippen molar-refractivity contribution in [1.29, 1.82) is 0 Å². The summed E-state index contributed by atoms with van der Waals surface area (Å²) in [6.45, 7) is 0.255. The number of hydrogen-bond donors (Lipinski definition) is 0. The highest BCUT2D eigenvalue weighted by molar-refractivity contribution is 5.82. The number of hydrogen-bond acceptors (Lipinski definition) is 4. The van der Waals surface area contributed by atoms with Crippen molar-refractivity contribution in [1.82, 2.24) is 0 Å². The zero-order valence-electron chi connectivity index (χ0n) is 7.02. The smallest absolute Gasteiger partial charge is 0.298 e. The molecule has 1 aromatic rings. The molecule has 0 spiro atoms. The molecule has 0 unspecified atom stereocenters. The molecule has 4 heteroatoms. The molecule has 0 N–H and O–H groups in total. The summed E-state index contributed by atoms with van der Waals surface area (Å²) in [7, 11) is 1.43. The first-order chi connectivity index (χ1) is 6.33. The van der Waals surface area contributed by atoms with E-state index in [1.54, 1.807) is 12.1 Å².